The first kappa shape index (κ1) is 27.5. The zero-order valence-electron chi connectivity index (χ0n) is 23.7. The van der Waals surface area contributed by atoms with Gasteiger partial charge in [-0.15, -0.1) is 10.2 Å². The molecule has 5 N–H and O–H groups in total. The van der Waals surface area contributed by atoms with Crippen LogP contribution in [0.5, 0.6) is 5.75 Å². The minimum atomic E-state index is 0.199. The van der Waals surface area contributed by atoms with Gasteiger partial charge in [0.2, 0.25) is 0 Å². The molecule has 0 spiro atoms. The zero-order valence-corrected chi connectivity index (χ0v) is 23.7. The van der Waals surface area contributed by atoms with E-state index in [9.17, 15) is 5.26 Å². The number of aliphatic imine (C=N–C) groups is 1. The van der Waals surface area contributed by atoms with E-state index < -0.39 is 0 Å². The van der Waals surface area contributed by atoms with Crippen molar-refractivity contribution in [2.75, 3.05) is 11.1 Å². The van der Waals surface area contributed by atoms with Crippen LogP contribution in [-0.2, 0) is 26.0 Å². The Morgan fingerprint density at radius 2 is 1.70 bits per heavy atom. The largest absolute Gasteiger partial charge is 0.489 e. The number of ether oxygens (including phenoxy) is 1. The summed E-state index contributed by atoms with van der Waals surface area (Å²) in [7, 11) is 0. The molecule has 0 atom stereocenters. The molecule has 0 fully saturated rings. The molecule has 0 unspecified atom stereocenters. The number of hydrogen-bond acceptors (Lipinski definition) is 6. The summed E-state index contributed by atoms with van der Waals surface area (Å²) in [5, 5.41) is 21.3. The van der Waals surface area contributed by atoms with Crippen molar-refractivity contribution < 1.29 is 4.74 Å². The predicted octanol–water partition coefficient (Wildman–Crippen LogP) is 5.96. The lowest BCUT2D eigenvalue weighted by Crippen LogP contribution is -2.23. The van der Waals surface area contributed by atoms with Crippen LogP contribution in [0.2, 0.25) is 0 Å². The van der Waals surface area contributed by atoms with Crippen molar-refractivity contribution >= 4 is 23.3 Å². The zero-order chi connectivity index (χ0) is 29.6. The quantitative estimate of drug-likeness (QED) is 0.155. The summed E-state index contributed by atoms with van der Waals surface area (Å²) < 4.78 is 8.21. The first-order valence-corrected chi connectivity index (χ1v) is 14.3. The molecule has 0 amide bonds. The van der Waals surface area contributed by atoms with Crippen molar-refractivity contribution in [1.29, 1.82) is 5.26 Å². The number of nitrogen functional groups attached to an aromatic ring is 1. The molecular weight excluding hydrogens is 536 g/mol. The van der Waals surface area contributed by atoms with Gasteiger partial charge in [-0.25, -0.2) is 0 Å². The number of hydrogen-bond donors (Lipinski definition) is 3. The van der Waals surface area contributed by atoms with Crippen LogP contribution in [0, 0.1) is 11.3 Å². The molecule has 5 aromatic rings. The first-order valence-electron chi connectivity index (χ1n) is 14.3. The number of nitrogens with two attached hydrogens (primary N) is 2. The smallest absolute Gasteiger partial charge is 0.199 e. The van der Waals surface area contributed by atoms with Gasteiger partial charge in [0.15, 0.2) is 11.8 Å². The molecule has 1 aliphatic rings. The van der Waals surface area contributed by atoms with E-state index in [2.05, 4.69) is 31.1 Å². The molecule has 3 aromatic carbocycles. The summed E-state index contributed by atoms with van der Waals surface area (Å²) in [5.74, 6) is 1.92. The van der Waals surface area contributed by atoms with Gasteiger partial charge in [-0.2, -0.15) is 10.3 Å². The minimum Gasteiger partial charge on any atom is -0.489 e. The molecule has 2 heterocycles. The van der Waals surface area contributed by atoms with Gasteiger partial charge in [0.05, 0.1) is 11.3 Å². The highest BCUT2D eigenvalue weighted by atomic mass is 16.5. The predicted molar refractivity (Wildman–Crippen MR) is 169 cm³/mol. The molecule has 2 aromatic heterocycles. The van der Waals surface area contributed by atoms with Crippen LogP contribution in [0.3, 0.4) is 0 Å². The van der Waals surface area contributed by atoms with Crippen LogP contribution in [-0.4, -0.2) is 20.7 Å². The lowest BCUT2D eigenvalue weighted by Gasteiger charge is -2.16. The summed E-state index contributed by atoms with van der Waals surface area (Å²) in [4.78, 5) is 4.37. The van der Waals surface area contributed by atoms with Gasteiger partial charge in [0.1, 0.15) is 24.2 Å². The van der Waals surface area contributed by atoms with Gasteiger partial charge in [0, 0.05) is 29.1 Å². The molecule has 0 saturated carbocycles. The third-order valence-corrected chi connectivity index (χ3v) is 7.62. The van der Waals surface area contributed by atoms with Gasteiger partial charge < -0.3 is 26.1 Å². The van der Waals surface area contributed by atoms with E-state index in [4.69, 9.17) is 16.2 Å². The topological polar surface area (TPSA) is 140 Å². The van der Waals surface area contributed by atoms with Crippen molar-refractivity contribution in [3.8, 4) is 23.1 Å². The summed E-state index contributed by atoms with van der Waals surface area (Å²) >= 11 is 0. The summed E-state index contributed by atoms with van der Waals surface area (Å²) in [6.45, 7) is 0.964. The third kappa shape index (κ3) is 6.19. The van der Waals surface area contributed by atoms with Crippen LogP contribution in [0.1, 0.15) is 40.8 Å². The molecule has 214 valence electrons. The van der Waals surface area contributed by atoms with E-state index in [1.807, 2.05) is 84.9 Å². The fraction of sp³-hybridized carbons (Fsp3) is 0.176. The Balaban J connectivity index is 1.09. The highest BCUT2D eigenvalue weighted by molar-refractivity contribution is 5.94. The van der Waals surface area contributed by atoms with Gasteiger partial charge in [-0.05, 0) is 67.1 Å². The number of benzene rings is 3. The molecule has 0 radical (unpaired) electrons. The highest BCUT2D eigenvalue weighted by Crippen LogP contribution is 2.32. The third-order valence-electron chi connectivity index (χ3n) is 7.62. The number of nitrogens with zero attached hydrogens (tertiary/aromatic N) is 5. The number of guanidine groups is 1. The van der Waals surface area contributed by atoms with Crippen LogP contribution < -0.4 is 21.5 Å². The monoisotopic (exact) mass is 568 g/mol. The molecule has 9 nitrogen and oxygen atoms in total. The van der Waals surface area contributed by atoms with Crippen molar-refractivity contribution in [2.45, 2.75) is 38.8 Å². The molecular formula is C34H32N8O. The Morgan fingerprint density at radius 3 is 2.47 bits per heavy atom. The van der Waals surface area contributed by atoms with E-state index in [1.54, 1.807) is 6.07 Å². The van der Waals surface area contributed by atoms with Gasteiger partial charge in [0.25, 0.3) is 0 Å². The Hall–Kier alpha value is -5.62. The average Bonchev–Trinajstić information content (AvgIpc) is 3.32. The maximum Gasteiger partial charge on any atom is 0.199 e. The van der Waals surface area contributed by atoms with Crippen LogP contribution in [0.25, 0.3) is 11.3 Å². The Kier molecular flexibility index (Phi) is 8.00. The van der Waals surface area contributed by atoms with Crippen molar-refractivity contribution in [3.05, 3.63) is 119 Å². The molecule has 0 aliphatic heterocycles. The number of nitriles is 1. The maximum absolute atomic E-state index is 9.64. The van der Waals surface area contributed by atoms with E-state index in [0.717, 1.165) is 65.1 Å². The fourth-order valence-corrected chi connectivity index (χ4v) is 5.44. The van der Waals surface area contributed by atoms with Gasteiger partial charge in [-0.1, -0.05) is 60.7 Å². The number of nitrogens with one attached hydrogen (secondary N) is 1. The Bertz CT molecular complexity index is 1790. The van der Waals surface area contributed by atoms with Crippen molar-refractivity contribution in [3.63, 3.8) is 0 Å². The molecule has 1 aliphatic carbocycles. The summed E-state index contributed by atoms with van der Waals surface area (Å²) in [6, 6.07) is 31.6. The highest BCUT2D eigenvalue weighted by Gasteiger charge is 2.23. The van der Waals surface area contributed by atoms with Crippen LogP contribution in [0.4, 0.5) is 17.3 Å². The lowest BCUT2D eigenvalue weighted by atomic mass is 9.95. The van der Waals surface area contributed by atoms with Gasteiger partial charge >= 0.3 is 0 Å². The number of para-hydroxylation sites is 1. The molecule has 6 rings (SSSR count). The number of fused-ring (bicyclic) bond motifs is 1. The summed E-state index contributed by atoms with van der Waals surface area (Å²) in [5.41, 5.74) is 20.1. The Labute approximate surface area is 250 Å². The van der Waals surface area contributed by atoms with Crippen molar-refractivity contribution in [2.24, 2.45) is 10.7 Å². The second-order valence-corrected chi connectivity index (χ2v) is 10.4. The van der Waals surface area contributed by atoms with E-state index in [1.165, 1.54) is 5.69 Å². The number of rotatable bonds is 8. The lowest BCUT2D eigenvalue weighted by molar-refractivity contribution is 0.307. The molecule has 0 bridgehead atoms. The van der Waals surface area contributed by atoms with E-state index in [0.29, 0.717) is 30.4 Å². The normalized spacial score (nSPS) is 12.8. The first-order chi connectivity index (χ1) is 21.1. The minimum absolute atomic E-state index is 0.199. The van der Waals surface area contributed by atoms with E-state index >= 15 is 0 Å². The maximum atomic E-state index is 9.64. The molecule has 0 saturated heterocycles. The number of anilines is 2. The standard InChI is InChI=1S/C34H32N8O/c35-20-28-27-11-5-7-13-31(27)42(33(28)36)21-23-14-16-26(17-15-23)43-22-25-10-4-6-12-29(25)38-34(37)39-32-19-18-30(40-41-32)24-8-2-1-3-9-24/h1-4,6,8-10,12,14-19H,5,7,11,13,21-22,36H2,(H3,37,38,39,41). The van der Waals surface area contributed by atoms with Crippen LogP contribution >= 0.6 is 0 Å². The van der Waals surface area contributed by atoms with Crippen molar-refractivity contribution in [1.82, 2.24) is 14.8 Å². The van der Waals surface area contributed by atoms with Gasteiger partial charge in [-0.3, -0.25) is 0 Å². The second kappa shape index (κ2) is 12.5. The van der Waals surface area contributed by atoms with Crippen LogP contribution in [0.15, 0.2) is 96.0 Å². The van der Waals surface area contributed by atoms with E-state index in [-0.39, 0.29) is 5.96 Å². The summed E-state index contributed by atoms with van der Waals surface area (Å²) in [6.07, 6.45) is 4.11. The Morgan fingerprint density at radius 1 is 0.930 bits per heavy atom. The fourth-order valence-electron chi connectivity index (χ4n) is 5.44. The molecule has 9 heteroatoms. The average molecular weight is 569 g/mol. The molecule has 43 heavy (non-hydrogen) atoms. The number of aromatic nitrogens is 3. The second-order valence-electron chi connectivity index (χ2n) is 10.4. The SMILES string of the molecule is N#Cc1c2c(n(Cc3ccc(OCc4ccccc4NC(N)=Nc4ccc(-c5ccccc5)nn4)cc3)c1N)CCCC2.